The van der Waals surface area contributed by atoms with Crippen molar-refractivity contribution in [3.63, 3.8) is 0 Å². The van der Waals surface area contributed by atoms with Gasteiger partial charge in [0.25, 0.3) is 0 Å². The molecular weight excluding hydrogens is 366 g/mol. The fourth-order valence-corrected chi connectivity index (χ4v) is 4.39. The maximum atomic E-state index is 13.0. The van der Waals surface area contributed by atoms with E-state index in [2.05, 4.69) is 29.4 Å². The minimum Gasteiger partial charge on any atom is -0.467 e. The molecule has 6 nitrogen and oxygen atoms in total. The Morgan fingerprint density at radius 1 is 1.21 bits per heavy atom. The quantitative estimate of drug-likeness (QED) is 0.743. The molecule has 2 aromatic heterocycles. The zero-order chi connectivity index (χ0) is 19.8. The van der Waals surface area contributed by atoms with E-state index in [4.69, 9.17) is 4.42 Å². The molecule has 1 atom stereocenters. The minimum atomic E-state index is -0.263. The van der Waals surface area contributed by atoms with E-state index in [1.165, 1.54) is 16.5 Å². The Morgan fingerprint density at radius 2 is 2.10 bits per heavy atom. The van der Waals surface area contributed by atoms with Crippen molar-refractivity contribution in [2.75, 3.05) is 19.6 Å². The van der Waals surface area contributed by atoms with Crippen molar-refractivity contribution < 1.29 is 14.0 Å². The lowest BCUT2D eigenvalue weighted by atomic mass is 9.98. The van der Waals surface area contributed by atoms with Crippen LogP contribution in [0.2, 0.25) is 0 Å². The number of benzene rings is 1. The van der Waals surface area contributed by atoms with Crippen LogP contribution in [0.25, 0.3) is 16.5 Å². The van der Waals surface area contributed by atoms with Crippen LogP contribution in [0.15, 0.2) is 59.4 Å². The zero-order valence-corrected chi connectivity index (χ0v) is 16.1. The molecule has 1 fully saturated rings. The Kier molecular flexibility index (Phi) is 4.46. The lowest BCUT2D eigenvalue weighted by Crippen LogP contribution is -2.39. The molecule has 1 N–H and O–H groups in total. The summed E-state index contributed by atoms with van der Waals surface area (Å²) in [4.78, 5) is 32.2. The average molecular weight is 389 g/mol. The molecule has 1 saturated heterocycles. The summed E-state index contributed by atoms with van der Waals surface area (Å²) in [5.74, 6) is 0.581. The highest BCUT2D eigenvalue weighted by molar-refractivity contribution is 5.93. The number of nitrogens with zero attached hydrogens (tertiary/aromatic N) is 2. The fraction of sp³-hybridized carbons (Fsp3) is 0.304. The van der Waals surface area contributed by atoms with Gasteiger partial charge in [-0.25, -0.2) is 0 Å². The van der Waals surface area contributed by atoms with Crippen molar-refractivity contribution in [2.24, 2.45) is 5.92 Å². The van der Waals surface area contributed by atoms with Gasteiger partial charge in [0.2, 0.25) is 11.8 Å². The summed E-state index contributed by atoms with van der Waals surface area (Å²) in [6, 6.07) is 11.9. The van der Waals surface area contributed by atoms with E-state index in [-0.39, 0.29) is 24.2 Å². The van der Waals surface area contributed by atoms with Crippen molar-refractivity contribution >= 4 is 28.3 Å². The highest BCUT2D eigenvalue weighted by Gasteiger charge is 2.37. The highest BCUT2D eigenvalue weighted by atomic mass is 16.3. The van der Waals surface area contributed by atoms with Gasteiger partial charge in [0, 0.05) is 48.7 Å². The van der Waals surface area contributed by atoms with Crippen LogP contribution in [0.3, 0.4) is 0 Å². The molecule has 2 aliphatic rings. The number of hydrogen-bond acceptors (Lipinski definition) is 3. The van der Waals surface area contributed by atoms with Crippen molar-refractivity contribution in [3.8, 4) is 0 Å². The molecule has 3 aromatic rings. The van der Waals surface area contributed by atoms with Gasteiger partial charge in [0.1, 0.15) is 5.76 Å². The second kappa shape index (κ2) is 7.28. The van der Waals surface area contributed by atoms with E-state index >= 15 is 0 Å². The first-order chi connectivity index (χ1) is 14.2. The second-order valence-electron chi connectivity index (χ2n) is 7.77. The molecule has 6 heteroatoms. The summed E-state index contributed by atoms with van der Waals surface area (Å²) in [6.07, 6.45) is 6.91. The Labute approximate surface area is 168 Å². The van der Waals surface area contributed by atoms with Crippen LogP contribution >= 0.6 is 0 Å². The first-order valence-corrected chi connectivity index (χ1v) is 10.0. The lowest BCUT2D eigenvalue weighted by Gasteiger charge is -2.28. The van der Waals surface area contributed by atoms with Gasteiger partial charge < -0.3 is 19.2 Å². The van der Waals surface area contributed by atoms with Gasteiger partial charge in [-0.05, 0) is 30.2 Å². The van der Waals surface area contributed by atoms with E-state index < -0.39 is 0 Å². The SMILES string of the molecule is O=C1C[C@H](C(=O)N2CC=C(c3c[nH]c4ccccc34)CC2)CN1Cc1ccco1. The summed E-state index contributed by atoms with van der Waals surface area (Å²) in [5, 5.41) is 1.22. The number of H-pyrrole nitrogens is 1. The number of carbonyl (C=O) groups is 2. The topological polar surface area (TPSA) is 69.6 Å². The third-order valence-electron chi connectivity index (χ3n) is 5.95. The van der Waals surface area contributed by atoms with Crippen LogP contribution in [0.4, 0.5) is 0 Å². The normalized spacial score (nSPS) is 19.8. The van der Waals surface area contributed by atoms with Gasteiger partial charge in [-0.15, -0.1) is 0 Å². The maximum Gasteiger partial charge on any atom is 0.228 e. The minimum absolute atomic E-state index is 0.0202. The molecule has 0 unspecified atom stereocenters. The molecule has 148 valence electrons. The monoisotopic (exact) mass is 389 g/mol. The predicted molar refractivity (Wildman–Crippen MR) is 110 cm³/mol. The third-order valence-corrected chi connectivity index (χ3v) is 5.95. The first kappa shape index (κ1) is 17.8. The molecule has 0 saturated carbocycles. The van der Waals surface area contributed by atoms with Crippen molar-refractivity contribution in [1.29, 1.82) is 0 Å². The van der Waals surface area contributed by atoms with Crippen molar-refractivity contribution in [2.45, 2.75) is 19.4 Å². The summed E-state index contributed by atoms with van der Waals surface area (Å²) < 4.78 is 5.33. The van der Waals surface area contributed by atoms with Gasteiger partial charge in [0.05, 0.1) is 18.7 Å². The van der Waals surface area contributed by atoms with E-state index in [1.54, 1.807) is 11.2 Å². The van der Waals surface area contributed by atoms with Gasteiger partial charge >= 0.3 is 0 Å². The lowest BCUT2D eigenvalue weighted by molar-refractivity contribution is -0.135. The van der Waals surface area contributed by atoms with Crippen LogP contribution in [0, 0.1) is 5.92 Å². The predicted octanol–water partition coefficient (Wildman–Crippen LogP) is 3.43. The molecule has 0 radical (unpaired) electrons. The fourth-order valence-electron chi connectivity index (χ4n) is 4.39. The number of para-hydroxylation sites is 1. The molecule has 2 amide bonds. The van der Waals surface area contributed by atoms with Crippen molar-refractivity contribution in [1.82, 2.24) is 14.8 Å². The molecule has 4 heterocycles. The average Bonchev–Trinajstić information content (AvgIpc) is 3.49. The Balaban J connectivity index is 1.25. The number of aromatic amines is 1. The Morgan fingerprint density at radius 3 is 2.90 bits per heavy atom. The van der Waals surface area contributed by atoms with Crippen molar-refractivity contribution in [3.05, 3.63) is 66.3 Å². The van der Waals surface area contributed by atoms with E-state index in [9.17, 15) is 9.59 Å². The third kappa shape index (κ3) is 3.35. The van der Waals surface area contributed by atoms with Crippen LogP contribution in [0.1, 0.15) is 24.2 Å². The molecule has 0 aliphatic carbocycles. The number of fused-ring (bicyclic) bond motifs is 1. The Bertz CT molecular complexity index is 1080. The standard InChI is InChI=1S/C23H23N3O3/c27-22-12-17(14-26(22)15-18-4-3-11-29-18)23(28)25-9-7-16(8-10-25)20-13-24-21-6-2-1-5-19(20)21/h1-7,11,13,17,24H,8-10,12,14-15H2/t17-/m0/s1. The van der Waals surface area contributed by atoms with Gasteiger partial charge in [-0.1, -0.05) is 24.3 Å². The van der Waals surface area contributed by atoms with Crippen LogP contribution < -0.4 is 0 Å². The largest absolute Gasteiger partial charge is 0.467 e. The zero-order valence-electron chi connectivity index (χ0n) is 16.1. The summed E-state index contributed by atoms with van der Waals surface area (Å²) in [6.45, 7) is 2.18. The van der Waals surface area contributed by atoms with E-state index in [0.29, 0.717) is 26.2 Å². The number of hydrogen-bond donors (Lipinski definition) is 1. The van der Waals surface area contributed by atoms with Crippen LogP contribution in [0.5, 0.6) is 0 Å². The number of rotatable bonds is 4. The van der Waals surface area contributed by atoms with Gasteiger partial charge in [-0.3, -0.25) is 9.59 Å². The van der Waals surface area contributed by atoms with E-state index in [1.807, 2.05) is 29.2 Å². The molecule has 0 bridgehead atoms. The number of aromatic nitrogens is 1. The summed E-state index contributed by atoms with van der Waals surface area (Å²) >= 11 is 0. The number of furan rings is 1. The Hall–Kier alpha value is -3.28. The van der Waals surface area contributed by atoms with E-state index in [0.717, 1.165) is 17.7 Å². The molecule has 2 aliphatic heterocycles. The first-order valence-electron chi connectivity index (χ1n) is 10.0. The smallest absolute Gasteiger partial charge is 0.228 e. The number of nitrogens with one attached hydrogen (secondary N) is 1. The molecule has 5 rings (SSSR count). The van der Waals surface area contributed by atoms with Crippen LogP contribution in [-0.4, -0.2) is 46.2 Å². The van der Waals surface area contributed by atoms with Gasteiger partial charge in [-0.2, -0.15) is 0 Å². The molecular formula is C23H23N3O3. The molecule has 0 spiro atoms. The highest BCUT2D eigenvalue weighted by Crippen LogP contribution is 2.30. The molecule has 1 aromatic carbocycles. The number of likely N-dealkylation sites (tertiary alicyclic amines) is 1. The summed E-state index contributed by atoms with van der Waals surface area (Å²) in [7, 11) is 0. The number of carbonyl (C=O) groups excluding carboxylic acids is 2. The maximum absolute atomic E-state index is 13.0. The molecule has 29 heavy (non-hydrogen) atoms. The van der Waals surface area contributed by atoms with Gasteiger partial charge in [0.15, 0.2) is 0 Å². The van der Waals surface area contributed by atoms with Crippen LogP contribution in [-0.2, 0) is 16.1 Å². The second-order valence-corrected chi connectivity index (χ2v) is 7.77. The number of amides is 2. The summed E-state index contributed by atoms with van der Waals surface area (Å²) in [5.41, 5.74) is 3.62.